The topological polar surface area (TPSA) is 35.2 Å². The number of hydrogen-bond acceptors (Lipinski definition) is 2. The van der Waals surface area contributed by atoms with Crippen LogP contribution in [0.2, 0.25) is 5.02 Å². The van der Waals surface area contributed by atoms with Crippen molar-refractivity contribution in [2.24, 2.45) is 5.73 Å². The molecule has 2 N–H and O–H groups in total. The van der Waals surface area contributed by atoms with Crippen molar-refractivity contribution in [1.82, 2.24) is 0 Å². The van der Waals surface area contributed by atoms with E-state index in [9.17, 15) is 0 Å². The van der Waals surface area contributed by atoms with Crippen molar-refractivity contribution < 1.29 is 4.74 Å². The SMILES string of the molecule is Cc1ccc(Oc2ccc(C)cc2CN)c(Cl)c1. The maximum Gasteiger partial charge on any atom is 0.146 e. The number of hydrogen-bond donors (Lipinski definition) is 1. The van der Waals surface area contributed by atoms with E-state index < -0.39 is 0 Å². The van der Waals surface area contributed by atoms with Gasteiger partial charge in [0.25, 0.3) is 0 Å². The van der Waals surface area contributed by atoms with Crippen molar-refractivity contribution in [3.8, 4) is 11.5 Å². The van der Waals surface area contributed by atoms with Crippen LogP contribution in [0.1, 0.15) is 16.7 Å². The van der Waals surface area contributed by atoms with E-state index in [4.69, 9.17) is 22.1 Å². The molecule has 2 nitrogen and oxygen atoms in total. The Morgan fingerprint density at radius 2 is 1.61 bits per heavy atom. The van der Waals surface area contributed by atoms with Gasteiger partial charge in [0.2, 0.25) is 0 Å². The molecule has 0 aliphatic heterocycles. The summed E-state index contributed by atoms with van der Waals surface area (Å²) in [6.45, 7) is 4.47. The zero-order valence-corrected chi connectivity index (χ0v) is 11.3. The van der Waals surface area contributed by atoms with Gasteiger partial charge < -0.3 is 10.5 Å². The average Bonchev–Trinajstić information content (AvgIpc) is 2.34. The lowest BCUT2D eigenvalue weighted by atomic mass is 10.1. The highest BCUT2D eigenvalue weighted by molar-refractivity contribution is 6.32. The monoisotopic (exact) mass is 261 g/mol. The molecule has 94 valence electrons. The summed E-state index contributed by atoms with van der Waals surface area (Å²) in [7, 11) is 0. The van der Waals surface area contributed by atoms with Crippen LogP contribution in [0.4, 0.5) is 0 Å². The van der Waals surface area contributed by atoms with E-state index in [2.05, 4.69) is 0 Å². The molecule has 0 fully saturated rings. The third-order valence-corrected chi connectivity index (χ3v) is 3.04. The fraction of sp³-hybridized carbons (Fsp3) is 0.200. The van der Waals surface area contributed by atoms with Gasteiger partial charge in [-0.25, -0.2) is 0 Å². The number of rotatable bonds is 3. The lowest BCUT2D eigenvalue weighted by Gasteiger charge is -2.12. The molecule has 0 bridgehead atoms. The summed E-state index contributed by atoms with van der Waals surface area (Å²) < 4.78 is 5.83. The molecule has 0 amide bonds. The second-order valence-electron chi connectivity index (χ2n) is 4.35. The first kappa shape index (κ1) is 12.9. The summed E-state index contributed by atoms with van der Waals surface area (Å²) in [4.78, 5) is 0. The Bertz CT molecular complexity index is 566. The van der Waals surface area contributed by atoms with Crippen molar-refractivity contribution in [1.29, 1.82) is 0 Å². The fourth-order valence-electron chi connectivity index (χ4n) is 1.77. The van der Waals surface area contributed by atoms with Gasteiger partial charge in [0.1, 0.15) is 11.5 Å². The van der Waals surface area contributed by atoms with Gasteiger partial charge in [-0.3, -0.25) is 0 Å². The molecular weight excluding hydrogens is 246 g/mol. The van der Waals surface area contributed by atoms with Gasteiger partial charge in [-0.05, 0) is 37.6 Å². The summed E-state index contributed by atoms with van der Waals surface area (Å²) in [5.74, 6) is 1.41. The molecule has 0 unspecified atom stereocenters. The molecule has 2 aromatic carbocycles. The first-order valence-electron chi connectivity index (χ1n) is 5.84. The Labute approximate surface area is 112 Å². The zero-order valence-electron chi connectivity index (χ0n) is 10.5. The van der Waals surface area contributed by atoms with Crippen molar-refractivity contribution in [2.75, 3.05) is 0 Å². The minimum atomic E-state index is 0.445. The molecule has 3 heteroatoms. The summed E-state index contributed by atoms with van der Waals surface area (Å²) >= 11 is 6.15. The zero-order chi connectivity index (χ0) is 13.1. The second-order valence-corrected chi connectivity index (χ2v) is 4.76. The number of halogens is 1. The molecule has 0 atom stereocenters. The van der Waals surface area contributed by atoms with Gasteiger partial charge in [-0.1, -0.05) is 35.4 Å². The highest BCUT2D eigenvalue weighted by atomic mass is 35.5. The van der Waals surface area contributed by atoms with Gasteiger partial charge >= 0.3 is 0 Å². The predicted octanol–water partition coefficient (Wildman–Crippen LogP) is 4.21. The largest absolute Gasteiger partial charge is 0.455 e. The molecule has 0 heterocycles. The highest BCUT2D eigenvalue weighted by Gasteiger charge is 2.07. The number of nitrogens with two attached hydrogens (primary N) is 1. The summed E-state index contributed by atoms with van der Waals surface area (Å²) in [6.07, 6.45) is 0. The van der Waals surface area contributed by atoms with Crippen LogP contribution in [0.3, 0.4) is 0 Å². The number of ether oxygens (including phenoxy) is 1. The van der Waals surface area contributed by atoms with Gasteiger partial charge in [-0.15, -0.1) is 0 Å². The van der Waals surface area contributed by atoms with Crippen LogP contribution >= 0.6 is 11.6 Å². The molecule has 0 saturated heterocycles. The maximum atomic E-state index is 6.15. The minimum Gasteiger partial charge on any atom is -0.455 e. The molecule has 0 aliphatic rings. The average molecular weight is 262 g/mol. The number of aryl methyl sites for hydroxylation is 2. The van der Waals surface area contributed by atoms with Gasteiger partial charge in [0.15, 0.2) is 0 Å². The van der Waals surface area contributed by atoms with E-state index in [0.717, 1.165) is 22.4 Å². The van der Waals surface area contributed by atoms with E-state index in [1.165, 1.54) is 0 Å². The second kappa shape index (κ2) is 5.42. The van der Waals surface area contributed by atoms with Gasteiger partial charge in [0, 0.05) is 12.1 Å². The lowest BCUT2D eigenvalue weighted by molar-refractivity contribution is 0.476. The predicted molar refractivity (Wildman–Crippen MR) is 75.3 cm³/mol. The Hall–Kier alpha value is -1.51. The third kappa shape index (κ3) is 2.84. The maximum absolute atomic E-state index is 6.15. The smallest absolute Gasteiger partial charge is 0.146 e. The van der Waals surface area contributed by atoms with Crippen LogP contribution in [-0.2, 0) is 6.54 Å². The summed E-state index contributed by atoms with van der Waals surface area (Å²) in [6, 6.07) is 11.7. The molecule has 2 rings (SSSR count). The molecule has 18 heavy (non-hydrogen) atoms. The Kier molecular flexibility index (Phi) is 3.90. The molecule has 0 radical (unpaired) electrons. The Balaban J connectivity index is 2.33. The van der Waals surface area contributed by atoms with Crippen LogP contribution < -0.4 is 10.5 Å². The minimum absolute atomic E-state index is 0.445. The van der Waals surface area contributed by atoms with Crippen molar-refractivity contribution in [2.45, 2.75) is 20.4 Å². The van der Waals surface area contributed by atoms with Crippen LogP contribution in [0.15, 0.2) is 36.4 Å². The van der Waals surface area contributed by atoms with Crippen LogP contribution in [-0.4, -0.2) is 0 Å². The van der Waals surface area contributed by atoms with Crippen LogP contribution in [0.5, 0.6) is 11.5 Å². The quantitative estimate of drug-likeness (QED) is 0.898. The van der Waals surface area contributed by atoms with Crippen molar-refractivity contribution >= 4 is 11.6 Å². The lowest BCUT2D eigenvalue weighted by Crippen LogP contribution is -2.00. The number of benzene rings is 2. The Morgan fingerprint density at radius 3 is 2.22 bits per heavy atom. The van der Waals surface area contributed by atoms with Gasteiger partial charge in [0.05, 0.1) is 5.02 Å². The Morgan fingerprint density at radius 1 is 1.00 bits per heavy atom. The first-order chi connectivity index (χ1) is 8.60. The third-order valence-electron chi connectivity index (χ3n) is 2.74. The molecule has 2 aromatic rings. The normalized spacial score (nSPS) is 10.4. The van der Waals surface area contributed by atoms with Crippen LogP contribution in [0.25, 0.3) is 0 Å². The van der Waals surface area contributed by atoms with E-state index in [-0.39, 0.29) is 0 Å². The van der Waals surface area contributed by atoms with E-state index in [1.54, 1.807) is 0 Å². The molecular formula is C15H16ClNO. The first-order valence-corrected chi connectivity index (χ1v) is 6.21. The summed E-state index contributed by atoms with van der Waals surface area (Å²) in [5.41, 5.74) is 8.97. The highest BCUT2D eigenvalue weighted by Crippen LogP contribution is 2.32. The summed E-state index contributed by atoms with van der Waals surface area (Å²) in [5, 5.41) is 0.610. The molecule has 0 spiro atoms. The van der Waals surface area contributed by atoms with Crippen molar-refractivity contribution in [3.63, 3.8) is 0 Å². The van der Waals surface area contributed by atoms with Crippen molar-refractivity contribution in [3.05, 3.63) is 58.1 Å². The van der Waals surface area contributed by atoms with Gasteiger partial charge in [-0.2, -0.15) is 0 Å². The van der Waals surface area contributed by atoms with E-state index in [0.29, 0.717) is 17.3 Å². The molecule has 0 saturated carbocycles. The molecule has 0 aromatic heterocycles. The molecule has 0 aliphatic carbocycles. The van der Waals surface area contributed by atoms with E-state index >= 15 is 0 Å². The standard InChI is InChI=1S/C15H16ClNO/c1-10-3-5-14(12(7-10)9-17)18-15-6-4-11(2)8-13(15)16/h3-8H,9,17H2,1-2H3. The van der Waals surface area contributed by atoms with Crippen LogP contribution in [0, 0.1) is 13.8 Å². The van der Waals surface area contributed by atoms with E-state index in [1.807, 2.05) is 50.2 Å². The fourth-order valence-corrected chi connectivity index (χ4v) is 2.05.